The lowest BCUT2D eigenvalue weighted by molar-refractivity contribution is 0.450. The molecule has 0 bridgehead atoms. The average Bonchev–Trinajstić information content (AvgIpc) is 2.93. The van der Waals surface area contributed by atoms with E-state index in [1.165, 1.54) is 0 Å². The molecule has 4 nitrogen and oxygen atoms in total. The zero-order valence-electron chi connectivity index (χ0n) is 10.6. The van der Waals surface area contributed by atoms with Crippen molar-refractivity contribution in [1.29, 1.82) is 0 Å². The highest BCUT2D eigenvalue weighted by Gasteiger charge is 2.48. The third-order valence-electron chi connectivity index (χ3n) is 3.88. The molecule has 2 fully saturated rings. The number of nitrogens with one attached hydrogen (secondary N) is 1. The van der Waals surface area contributed by atoms with Crippen LogP contribution in [0.4, 0.5) is 0 Å². The summed E-state index contributed by atoms with van der Waals surface area (Å²) in [6, 6.07) is 7.42. The zero-order chi connectivity index (χ0) is 13.5. The fourth-order valence-corrected chi connectivity index (χ4v) is 4.39. The van der Waals surface area contributed by atoms with Crippen LogP contribution in [0.3, 0.4) is 0 Å². The lowest BCUT2D eigenvalue weighted by Gasteiger charge is -2.22. The normalized spacial score (nSPS) is 22.6. The molecule has 1 aromatic rings. The first-order chi connectivity index (χ1) is 9.02. The number of nitrogens with zero attached hydrogens (tertiary/aromatic N) is 1. The van der Waals surface area contributed by atoms with Crippen LogP contribution in [0.25, 0.3) is 0 Å². The van der Waals surface area contributed by atoms with Crippen molar-refractivity contribution in [3.8, 4) is 0 Å². The van der Waals surface area contributed by atoms with Gasteiger partial charge in [-0.15, -0.1) is 0 Å². The Morgan fingerprint density at radius 3 is 2.21 bits per heavy atom. The van der Waals surface area contributed by atoms with E-state index in [-0.39, 0.29) is 0 Å². The van der Waals surface area contributed by atoms with Crippen molar-refractivity contribution in [2.75, 3.05) is 13.1 Å². The summed E-state index contributed by atoms with van der Waals surface area (Å²) in [5.41, 5.74) is 0.589. The molecule has 0 spiro atoms. The molecule has 104 valence electrons. The highest BCUT2D eigenvalue weighted by Crippen LogP contribution is 2.46. The number of hydrogen-bond acceptors (Lipinski definition) is 2. The Hall–Kier alpha value is -0.620. The van der Waals surface area contributed by atoms with Crippen molar-refractivity contribution in [2.45, 2.75) is 31.2 Å². The van der Waals surface area contributed by atoms with Gasteiger partial charge in [-0.3, -0.25) is 0 Å². The van der Waals surface area contributed by atoms with Gasteiger partial charge in [0, 0.05) is 18.1 Å². The Morgan fingerprint density at radius 1 is 1.11 bits per heavy atom. The second-order valence-electron chi connectivity index (χ2n) is 5.30. The Labute approximate surface area is 118 Å². The van der Waals surface area contributed by atoms with Crippen LogP contribution in [0.1, 0.15) is 31.2 Å². The van der Waals surface area contributed by atoms with Crippen molar-refractivity contribution in [3.05, 3.63) is 34.9 Å². The van der Waals surface area contributed by atoms with Crippen LogP contribution in [-0.4, -0.2) is 25.8 Å². The van der Waals surface area contributed by atoms with E-state index in [2.05, 4.69) is 4.72 Å². The lowest BCUT2D eigenvalue weighted by atomic mass is 10.1. The van der Waals surface area contributed by atoms with Crippen molar-refractivity contribution >= 4 is 21.8 Å². The van der Waals surface area contributed by atoms with Crippen molar-refractivity contribution < 1.29 is 8.42 Å². The molecule has 19 heavy (non-hydrogen) atoms. The van der Waals surface area contributed by atoms with Gasteiger partial charge in [0.25, 0.3) is 10.2 Å². The molecule has 0 aromatic heterocycles. The number of benzene rings is 1. The minimum atomic E-state index is -3.36. The van der Waals surface area contributed by atoms with Gasteiger partial charge in [0.1, 0.15) is 0 Å². The third-order valence-corrected chi connectivity index (χ3v) is 5.82. The fourth-order valence-electron chi connectivity index (χ4n) is 2.58. The summed E-state index contributed by atoms with van der Waals surface area (Å²) in [4.78, 5) is 0. The van der Waals surface area contributed by atoms with Gasteiger partial charge in [-0.05, 0) is 43.4 Å². The van der Waals surface area contributed by atoms with Crippen LogP contribution in [0.2, 0.25) is 5.02 Å². The second kappa shape index (κ2) is 4.74. The van der Waals surface area contributed by atoms with Gasteiger partial charge in [-0.2, -0.15) is 17.4 Å². The first-order valence-corrected chi connectivity index (χ1v) is 8.39. The zero-order valence-corrected chi connectivity index (χ0v) is 12.2. The Bertz CT molecular complexity index is 561. The van der Waals surface area contributed by atoms with Crippen LogP contribution in [0.5, 0.6) is 0 Å². The first kappa shape index (κ1) is 13.4. The fraction of sp³-hybridized carbons (Fsp3) is 0.538. The Morgan fingerprint density at radius 2 is 1.68 bits per heavy atom. The smallest absolute Gasteiger partial charge is 0.195 e. The molecule has 3 rings (SSSR count). The third kappa shape index (κ3) is 2.65. The summed E-state index contributed by atoms with van der Waals surface area (Å²) in [6.07, 6.45) is 3.60. The number of halogens is 1. The SMILES string of the molecule is O=S(=O)(NC1(c2ccc(Cl)cc2)CC1)N1CCCC1. The molecule has 1 aliphatic heterocycles. The van der Waals surface area contributed by atoms with E-state index in [0.717, 1.165) is 31.2 Å². The van der Waals surface area contributed by atoms with Crippen LogP contribution in [-0.2, 0) is 15.7 Å². The predicted molar refractivity (Wildman–Crippen MR) is 75.2 cm³/mol. The van der Waals surface area contributed by atoms with Crippen molar-refractivity contribution in [1.82, 2.24) is 9.03 Å². The van der Waals surface area contributed by atoms with E-state index in [9.17, 15) is 8.42 Å². The standard InChI is InChI=1S/C13H17ClN2O2S/c14-12-5-3-11(4-6-12)13(7-8-13)15-19(17,18)16-9-1-2-10-16/h3-6,15H,1-2,7-10H2. The summed E-state index contributed by atoms with van der Waals surface area (Å²) >= 11 is 5.87. The van der Waals surface area contributed by atoms with Gasteiger partial charge in [0.2, 0.25) is 0 Å². The van der Waals surface area contributed by atoms with E-state index in [0.29, 0.717) is 18.1 Å². The van der Waals surface area contributed by atoms with Crippen molar-refractivity contribution in [3.63, 3.8) is 0 Å². The molecule has 1 saturated heterocycles. The minimum Gasteiger partial charge on any atom is -0.195 e. The molecular weight excluding hydrogens is 284 g/mol. The van der Waals surface area contributed by atoms with Crippen LogP contribution >= 0.6 is 11.6 Å². The molecule has 1 N–H and O–H groups in total. The first-order valence-electron chi connectivity index (χ1n) is 6.57. The van der Waals surface area contributed by atoms with E-state index >= 15 is 0 Å². The summed E-state index contributed by atoms with van der Waals surface area (Å²) in [5, 5.41) is 0.668. The van der Waals surface area contributed by atoms with E-state index < -0.39 is 15.7 Å². The topological polar surface area (TPSA) is 49.4 Å². The average molecular weight is 301 g/mol. The molecule has 0 atom stereocenters. The second-order valence-corrected chi connectivity index (χ2v) is 7.41. The molecule has 0 radical (unpaired) electrons. The maximum Gasteiger partial charge on any atom is 0.280 e. The van der Waals surface area contributed by atoms with Gasteiger partial charge >= 0.3 is 0 Å². The maximum atomic E-state index is 12.3. The Balaban J connectivity index is 1.80. The van der Waals surface area contributed by atoms with Crippen LogP contribution in [0.15, 0.2) is 24.3 Å². The molecule has 1 heterocycles. The lowest BCUT2D eigenvalue weighted by Crippen LogP contribution is -2.44. The van der Waals surface area contributed by atoms with Gasteiger partial charge in [0.05, 0.1) is 5.54 Å². The van der Waals surface area contributed by atoms with E-state index in [1.807, 2.05) is 12.1 Å². The maximum absolute atomic E-state index is 12.3. The van der Waals surface area contributed by atoms with Crippen LogP contribution < -0.4 is 4.72 Å². The highest BCUT2D eigenvalue weighted by atomic mass is 35.5. The molecule has 1 aliphatic carbocycles. The molecule has 0 amide bonds. The van der Waals surface area contributed by atoms with Gasteiger partial charge in [-0.1, -0.05) is 23.7 Å². The summed E-state index contributed by atoms with van der Waals surface area (Å²) in [7, 11) is -3.36. The summed E-state index contributed by atoms with van der Waals surface area (Å²) in [6.45, 7) is 1.26. The molecule has 1 aromatic carbocycles. The monoisotopic (exact) mass is 300 g/mol. The molecule has 1 saturated carbocycles. The number of hydrogen-bond donors (Lipinski definition) is 1. The molecule has 0 unspecified atom stereocenters. The minimum absolute atomic E-state index is 0.411. The van der Waals surface area contributed by atoms with E-state index in [4.69, 9.17) is 11.6 Å². The van der Waals surface area contributed by atoms with Gasteiger partial charge < -0.3 is 0 Å². The van der Waals surface area contributed by atoms with Crippen LogP contribution in [0, 0.1) is 0 Å². The van der Waals surface area contributed by atoms with E-state index in [1.54, 1.807) is 16.4 Å². The molecular formula is C13H17ClN2O2S. The number of rotatable bonds is 4. The van der Waals surface area contributed by atoms with Crippen molar-refractivity contribution in [2.24, 2.45) is 0 Å². The summed E-state index contributed by atoms with van der Waals surface area (Å²) in [5.74, 6) is 0. The molecule has 2 aliphatic rings. The largest absolute Gasteiger partial charge is 0.280 e. The quantitative estimate of drug-likeness (QED) is 0.927. The summed E-state index contributed by atoms with van der Waals surface area (Å²) < 4.78 is 29.1. The van der Waals surface area contributed by atoms with Gasteiger partial charge in [-0.25, -0.2) is 0 Å². The Kier molecular flexibility index (Phi) is 3.33. The molecule has 6 heteroatoms. The van der Waals surface area contributed by atoms with Gasteiger partial charge in [0.15, 0.2) is 0 Å². The highest BCUT2D eigenvalue weighted by molar-refractivity contribution is 7.87. The predicted octanol–water partition coefficient (Wildman–Crippen LogP) is 2.26.